The molecule has 2 N–H and O–H groups in total. The number of hydrogen-bond donors (Lipinski definition) is 2. The van der Waals surface area contributed by atoms with Crippen molar-refractivity contribution in [3.8, 4) is 5.75 Å². The molecule has 0 aliphatic carbocycles. The third-order valence-electron chi connectivity index (χ3n) is 6.10. The van der Waals surface area contributed by atoms with E-state index in [1.54, 1.807) is 17.0 Å². The van der Waals surface area contributed by atoms with Gasteiger partial charge in [0.05, 0.1) is 22.5 Å². The summed E-state index contributed by atoms with van der Waals surface area (Å²) >= 11 is 0. The van der Waals surface area contributed by atoms with Crippen molar-refractivity contribution in [2.24, 2.45) is 5.92 Å². The lowest BCUT2D eigenvalue weighted by atomic mass is 9.98. The maximum atomic E-state index is 13.1. The smallest absolute Gasteiger partial charge is 0.263 e. The van der Waals surface area contributed by atoms with Crippen LogP contribution in [0.5, 0.6) is 5.75 Å². The lowest BCUT2D eigenvalue weighted by Gasteiger charge is -2.30. The van der Waals surface area contributed by atoms with E-state index < -0.39 is 20.0 Å². The number of pyridine rings is 1. The highest BCUT2D eigenvalue weighted by molar-refractivity contribution is 7.93. The zero-order valence-electron chi connectivity index (χ0n) is 20.4. The first kappa shape index (κ1) is 26.4. The van der Waals surface area contributed by atoms with E-state index in [2.05, 4.69) is 21.4 Å². The molecule has 0 saturated carbocycles. The number of amides is 1. The van der Waals surface area contributed by atoms with E-state index in [1.807, 2.05) is 0 Å². The summed E-state index contributed by atoms with van der Waals surface area (Å²) in [4.78, 5) is 18.6. The first-order valence-electron chi connectivity index (χ1n) is 11.6. The standard InChI is InChI=1S/C25H28N4O6S2/c1-18-12-15-29(16-13-18)25(30)22-17-21(10-11-23(22)35-2)37(33,34)27-19-6-8-20(9-7-19)36(31,32)28-24-5-3-4-14-26-24/h3-11,14,17-18,27H,12-13,15-16H2,1-2H3,(H,26,28). The van der Waals surface area contributed by atoms with E-state index in [0.717, 1.165) is 12.8 Å². The minimum absolute atomic E-state index is 0.0609. The highest BCUT2D eigenvalue weighted by Crippen LogP contribution is 2.27. The summed E-state index contributed by atoms with van der Waals surface area (Å²) in [6, 6.07) is 14.2. The molecule has 1 fully saturated rings. The van der Waals surface area contributed by atoms with Gasteiger partial charge in [0.2, 0.25) is 0 Å². The van der Waals surface area contributed by atoms with Gasteiger partial charge in [-0.3, -0.25) is 14.2 Å². The SMILES string of the molecule is COc1ccc(S(=O)(=O)Nc2ccc(S(=O)(=O)Nc3ccccn3)cc2)cc1C(=O)N1CCC(C)CC1. The van der Waals surface area contributed by atoms with Gasteiger partial charge in [-0.05, 0) is 73.4 Å². The molecular formula is C25H28N4O6S2. The number of carbonyl (C=O) groups excluding carboxylic acids is 1. The number of benzene rings is 2. The fourth-order valence-electron chi connectivity index (χ4n) is 3.94. The molecule has 1 aromatic heterocycles. The van der Waals surface area contributed by atoms with Crippen molar-refractivity contribution < 1.29 is 26.4 Å². The summed E-state index contributed by atoms with van der Waals surface area (Å²) in [5.74, 6) is 0.707. The predicted molar refractivity (Wildman–Crippen MR) is 140 cm³/mol. The third kappa shape index (κ3) is 6.20. The monoisotopic (exact) mass is 544 g/mol. The summed E-state index contributed by atoms with van der Waals surface area (Å²) in [5.41, 5.74) is 0.326. The van der Waals surface area contributed by atoms with Gasteiger partial charge in [0.15, 0.2) is 0 Å². The fraction of sp³-hybridized carbons (Fsp3) is 0.280. The van der Waals surface area contributed by atoms with Crippen LogP contribution in [-0.4, -0.2) is 52.8 Å². The van der Waals surface area contributed by atoms with Gasteiger partial charge in [-0.25, -0.2) is 21.8 Å². The Hall–Kier alpha value is -3.64. The maximum Gasteiger partial charge on any atom is 0.263 e. The number of ether oxygens (including phenoxy) is 1. The van der Waals surface area contributed by atoms with E-state index in [4.69, 9.17) is 4.74 Å². The topological polar surface area (TPSA) is 135 Å². The number of hydrogen-bond acceptors (Lipinski definition) is 7. The van der Waals surface area contributed by atoms with Gasteiger partial charge in [-0.2, -0.15) is 0 Å². The first-order valence-corrected chi connectivity index (χ1v) is 14.6. The molecule has 196 valence electrons. The molecule has 0 unspecified atom stereocenters. The number of anilines is 2. The molecule has 1 saturated heterocycles. The Morgan fingerprint density at radius 2 is 1.57 bits per heavy atom. The number of sulfonamides is 2. The number of methoxy groups -OCH3 is 1. The number of carbonyl (C=O) groups is 1. The zero-order chi connectivity index (χ0) is 26.6. The number of nitrogens with zero attached hydrogens (tertiary/aromatic N) is 2. The summed E-state index contributed by atoms with van der Waals surface area (Å²) in [6.45, 7) is 3.34. The van der Waals surface area contributed by atoms with Crippen molar-refractivity contribution in [1.82, 2.24) is 9.88 Å². The Balaban J connectivity index is 1.53. The average molecular weight is 545 g/mol. The lowest BCUT2D eigenvalue weighted by Crippen LogP contribution is -2.38. The molecular weight excluding hydrogens is 516 g/mol. The van der Waals surface area contributed by atoms with Gasteiger partial charge >= 0.3 is 0 Å². The van der Waals surface area contributed by atoms with E-state index in [1.165, 1.54) is 61.8 Å². The Kier molecular flexibility index (Phi) is 7.69. The van der Waals surface area contributed by atoms with Crippen LogP contribution in [0.2, 0.25) is 0 Å². The van der Waals surface area contributed by atoms with Gasteiger partial charge in [-0.15, -0.1) is 0 Å². The molecule has 37 heavy (non-hydrogen) atoms. The van der Waals surface area contributed by atoms with Gasteiger partial charge in [0.1, 0.15) is 11.6 Å². The minimum atomic E-state index is -4.08. The highest BCUT2D eigenvalue weighted by Gasteiger charge is 2.26. The predicted octanol–water partition coefficient (Wildman–Crippen LogP) is 3.56. The number of rotatable bonds is 8. The number of nitrogens with one attached hydrogen (secondary N) is 2. The summed E-state index contributed by atoms with van der Waals surface area (Å²) in [7, 11) is -6.57. The van der Waals surface area contributed by atoms with Crippen LogP contribution in [0.1, 0.15) is 30.1 Å². The van der Waals surface area contributed by atoms with Gasteiger partial charge < -0.3 is 9.64 Å². The molecule has 0 radical (unpaired) electrons. The third-order valence-corrected chi connectivity index (χ3v) is 8.85. The Bertz CT molecular complexity index is 1470. The molecule has 1 amide bonds. The maximum absolute atomic E-state index is 13.1. The van der Waals surface area contributed by atoms with E-state index in [9.17, 15) is 21.6 Å². The van der Waals surface area contributed by atoms with Crippen molar-refractivity contribution in [1.29, 1.82) is 0 Å². The Labute approximate surface area is 216 Å². The molecule has 3 aromatic rings. The van der Waals surface area contributed by atoms with Crippen LogP contribution in [0.15, 0.2) is 76.7 Å². The van der Waals surface area contributed by atoms with Crippen LogP contribution in [-0.2, 0) is 20.0 Å². The summed E-state index contributed by atoms with van der Waals surface area (Å²) in [6.07, 6.45) is 3.23. The molecule has 10 nitrogen and oxygen atoms in total. The number of aromatic nitrogens is 1. The molecule has 1 aliphatic rings. The molecule has 12 heteroatoms. The van der Waals surface area contributed by atoms with Crippen LogP contribution >= 0.6 is 0 Å². The molecule has 2 aromatic carbocycles. The largest absolute Gasteiger partial charge is 0.496 e. The molecule has 0 bridgehead atoms. The van der Waals surface area contributed by atoms with Crippen LogP contribution in [0, 0.1) is 5.92 Å². The Morgan fingerprint density at radius 3 is 2.19 bits per heavy atom. The van der Waals surface area contributed by atoms with Crippen LogP contribution in [0.4, 0.5) is 11.5 Å². The number of likely N-dealkylation sites (tertiary alicyclic amines) is 1. The van der Waals surface area contributed by atoms with Crippen molar-refractivity contribution in [2.45, 2.75) is 29.6 Å². The van der Waals surface area contributed by atoms with E-state index >= 15 is 0 Å². The first-order chi connectivity index (χ1) is 17.6. The van der Waals surface area contributed by atoms with Crippen LogP contribution < -0.4 is 14.2 Å². The van der Waals surface area contributed by atoms with Gasteiger partial charge in [0.25, 0.3) is 26.0 Å². The van der Waals surface area contributed by atoms with Crippen molar-refractivity contribution in [2.75, 3.05) is 29.6 Å². The van der Waals surface area contributed by atoms with E-state index in [-0.39, 0.29) is 38.5 Å². The van der Waals surface area contributed by atoms with E-state index in [0.29, 0.717) is 19.0 Å². The fourth-order valence-corrected chi connectivity index (χ4v) is 6.03. The second-order valence-corrected chi connectivity index (χ2v) is 12.2. The molecule has 2 heterocycles. The quantitative estimate of drug-likeness (QED) is 0.443. The average Bonchev–Trinajstić information content (AvgIpc) is 2.89. The van der Waals surface area contributed by atoms with Gasteiger partial charge in [0, 0.05) is 25.0 Å². The molecule has 0 spiro atoms. The summed E-state index contributed by atoms with van der Waals surface area (Å²) in [5, 5.41) is 0. The van der Waals surface area contributed by atoms with Crippen LogP contribution in [0.25, 0.3) is 0 Å². The molecule has 1 aliphatic heterocycles. The van der Waals surface area contributed by atoms with Gasteiger partial charge in [-0.1, -0.05) is 13.0 Å². The highest BCUT2D eigenvalue weighted by atomic mass is 32.2. The molecule has 0 atom stereocenters. The van der Waals surface area contributed by atoms with Crippen molar-refractivity contribution in [3.63, 3.8) is 0 Å². The second-order valence-electron chi connectivity index (χ2n) is 8.79. The lowest BCUT2D eigenvalue weighted by molar-refractivity contribution is 0.0693. The summed E-state index contributed by atoms with van der Waals surface area (Å²) < 4.78 is 61.5. The van der Waals surface area contributed by atoms with Crippen molar-refractivity contribution in [3.05, 3.63) is 72.4 Å². The van der Waals surface area contributed by atoms with Crippen LogP contribution in [0.3, 0.4) is 0 Å². The van der Waals surface area contributed by atoms with Crippen molar-refractivity contribution >= 4 is 37.5 Å². The normalized spacial score (nSPS) is 14.7. The minimum Gasteiger partial charge on any atom is -0.496 e. The Morgan fingerprint density at radius 1 is 0.919 bits per heavy atom. The molecule has 4 rings (SSSR count). The zero-order valence-corrected chi connectivity index (χ0v) is 22.1. The number of piperidine rings is 1. The second kappa shape index (κ2) is 10.8.